The number of nitrogens with zero attached hydrogens (tertiary/aromatic N) is 1. The zero-order valence-corrected chi connectivity index (χ0v) is 8.88. The van der Waals surface area contributed by atoms with Crippen molar-refractivity contribution in [2.45, 2.75) is 0 Å². The van der Waals surface area contributed by atoms with Gasteiger partial charge in [0, 0.05) is 0 Å². The summed E-state index contributed by atoms with van der Waals surface area (Å²) in [5.74, 6) is -1.46. The van der Waals surface area contributed by atoms with Gasteiger partial charge in [-0.05, 0) is 28.1 Å². The van der Waals surface area contributed by atoms with Crippen LogP contribution in [0.1, 0.15) is 0 Å². The minimum atomic E-state index is -0.730. The Labute approximate surface area is 92.0 Å². The molecule has 0 aliphatic carbocycles. The van der Waals surface area contributed by atoms with E-state index in [4.69, 9.17) is 10.3 Å². The molecule has 78 valence electrons. The molecule has 2 rings (SSSR count). The van der Waals surface area contributed by atoms with Crippen molar-refractivity contribution in [1.29, 1.82) is 0 Å². The molecule has 0 radical (unpaired) electrons. The molecule has 0 atom stereocenters. The highest BCUT2D eigenvalue weighted by atomic mass is 79.9. The lowest BCUT2D eigenvalue weighted by atomic mass is 10.1. The highest BCUT2D eigenvalue weighted by Gasteiger charge is 2.20. The lowest BCUT2D eigenvalue weighted by Gasteiger charge is -2.00. The lowest BCUT2D eigenvalue weighted by Crippen LogP contribution is -1.89. The summed E-state index contributed by atoms with van der Waals surface area (Å²) in [6.45, 7) is 0. The van der Waals surface area contributed by atoms with Gasteiger partial charge in [0.15, 0.2) is 11.6 Å². The van der Waals surface area contributed by atoms with E-state index < -0.39 is 11.6 Å². The molecule has 15 heavy (non-hydrogen) atoms. The van der Waals surface area contributed by atoms with Crippen molar-refractivity contribution >= 4 is 21.7 Å². The molecular weight excluding hydrogens is 270 g/mol. The van der Waals surface area contributed by atoms with Gasteiger partial charge in [-0.2, -0.15) is 0 Å². The Morgan fingerprint density at radius 2 is 1.87 bits per heavy atom. The maximum atomic E-state index is 13.3. The molecular formula is C9H5BrF2N2O. The van der Waals surface area contributed by atoms with Crippen molar-refractivity contribution in [3.8, 4) is 11.3 Å². The van der Waals surface area contributed by atoms with E-state index in [0.29, 0.717) is 0 Å². The first-order chi connectivity index (χ1) is 7.11. The van der Waals surface area contributed by atoms with Crippen LogP contribution in [0.4, 0.5) is 14.6 Å². The van der Waals surface area contributed by atoms with E-state index in [9.17, 15) is 8.78 Å². The molecule has 0 bridgehead atoms. The summed E-state index contributed by atoms with van der Waals surface area (Å²) in [5, 5.41) is 3.40. The smallest absolute Gasteiger partial charge is 0.189 e. The first-order valence-electron chi connectivity index (χ1n) is 3.96. The van der Waals surface area contributed by atoms with Gasteiger partial charge in [-0.25, -0.2) is 8.78 Å². The Balaban J connectivity index is 2.69. The largest absolute Gasteiger partial charge is 0.380 e. The van der Waals surface area contributed by atoms with Gasteiger partial charge in [0.25, 0.3) is 0 Å². The van der Waals surface area contributed by atoms with Gasteiger partial charge in [-0.3, -0.25) is 0 Å². The maximum absolute atomic E-state index is 13.3. The molecule has 0 spiro atoms. The highest BCUT2D eigenvalue weighted by molar-refractivity contribution is 9.10. The fraction of sp³-hybridized carbons (Fsp3) is 0. The topological polar surface area (TPSA) is 52.0 Å². The van der Waals surface area contributed by atoms with Crippen molar-refractivity contribution in [1.82, 2.24) is 5.16 Å². The van der Waals surface area contributed by atoms with Crippen LogP contribution in [0.15, 0.2) is 27.2 Å². The Morgan fingerprint density at radius 3 is 2.33 bits per heavy atom. The summed E-state index contributed by atoms with van der Waals surface area (Å²) in [5.41, 5.74) is 5.10. The summed E-state index contributed by atoms with van der Waals surface area (Å²) in [6, 6.07) is 3.52. The summed E-state index contributed by atoms with van der Waals surface area (Å²) in [6.07, 6.45) is 0. The van der Waals surface area contributed by atoms with Crippen LogP contribution >= 0.6 is 15.9 Å². The number of aromatic nitrogens is 1. The summed E-state index contributed by atoms with van der Waals surface area (Å²) >= 11 is 3.04. The van der Waals surface area contributed by atoms with E-state index in [-0.39, 0.29) is 21.6 Å². The minimum Gasteiger partial charge on any atom is -0.380 e. The van der Waals surface area contributed by atoms with Gasteiger partial charge in [-0.15, -0.1) is 0 Å². The van der Waals surface area contributed by atoms with Crippen LogP contribution in [0, 0.1) is 11.6 Å². The van der Waals surface area contributed by atoms with Gasteiger partial charge >= 0.3 is 0 Å². The molecule has 0 fully saturated rings. The third-order valence-electron chi connectivity index (χ3n) is 1.85. The third kappa shape index (κ3) is 1.61. The molecule has 0 amide bonds. The monoisotopic (exact) mass is 274 g/mol. The molecule has 0 saturated heterocycles. The van der Waals surface area contributed by atoms with E-state index >= 15 is 0 Å². The molecule has 6 heteroatoms. The van der Waals surface area contributed by atoms with Gasteiger partial charge in [0.1, 0.15) is 16.1 Å². The quantitative estimate of drug-likeness (QED) is 0.870. The number of nitrogen functional groups attached to an aromatic ring is 1. The van der Waals surface area contributed by atoms with Gasteiger partial charge < -0.3 is 10.3 Å². The van der Waals surface area contributed by atoms with Crippen molar-refractivity contribution in [2.24, 2.45) is 0 Å². The molecule has 2 N–H and O–H groups in total. The molecule has 0 unspecified atom stereocenters. The van der Waals surface area contributed by atoms with E-state index in [1.807, 2.05) is 0 Å². The van der Waals surface area contributed by atoms with Gasteiger partial charge in [0.2, 0.25) is 0 Å². The highest BCUT2D eigenvalue weighted by Crippen LogP contribution is 2.35. The van der Waals surface area contributed by atoms with Crippen LogP contribution in [0.2, 0.25) is 0 Å². The van der Waals surface area contributed by atoms with Crippen LogP contribution in [-0.2, 0) is 0 Å². The standard InChI is InChI=1S/C9H5BrF2N2O/c10-7-8(15-14-9(7)13)6-4(11)2-1-3-5(6)12/h1-3H,(H2,13,14). The number of halogens is 3. The number of hydrogen-bond donors (Lipinski definition) is 1. The summed E-state index contributed by atoms with van der Waals surface area (Å²) < 4.78 is 31.7. The predicted octanol–water partition coefficient (Wildman–Crippen LogP) is 2.96. The predicted molar refractivity (Wildman–Crippen MR) is 54.0 cm³/mol. The van der Waals surface area contributed by atoms with E-state index in [1.165, 1.54) is 6.07 Å². The first-order valence-corrected chi connectivity index (χ1v) is 4.75. The normalized spacial score (nSPS) is 10.6. The van der Waals surface area contributed by atoms with E-state index in [0.717, 1.165) is 12.1 Å². The zero-order chi connectivity index (χ0) is 11.0. The van der Waals surface area contributed by atoms with Crippen LogP contribution in [0.5, 0.6) is 0 Å². The van der Waals surface area contributed by atoms with Crippen molar-refractivity contribution < 1.29 is 13.3 Å². The Hall–Kier alpha value is -1.43. The summed E-state index contributed by atoms with van der Waals surface area (Å²) in [7, 11) is 0. The Morgan fingerprint density at radius 1 is 1.27 bits per heavy atom. The fourth-order valence-corrected chi connectivity index (χ4v) is 1.50. The average Bonchev–Trinajstić information content (AvgIpc) is 2.49. The molecule has 1 aromatic carbocycles. The number of rotatable bonds is 1. The first kappa shape index (κ1) is 10.1. The van der Waals surface area contributed by atoms with Crippen molar-refractivity contribution in [3.63, 3.8) is 0 Å². The second kappa shape index (κ2) is 3.62. The van der Waals surface area contributed by atoms with Crippen molar-refractivity contribution in [2.75, 3.05) is 5.73 Å². The lowest BCUT2D eigenvalue weighted by molar-refractivity contribution is 0.429. The average molecular weight is 275 g/mol. The third-order valence-corrected chi connectivity index (χ3v) is 2.62. The molecule has 0 aliphatic rings. The Bertz CT molecular complexity index is 493. The number of hydrogen-bond acceptors (Lipinski definition) is 3. The van der Waals surface area contributed by atoms with Crippen molar-refractivity contribution in [3.05, 3.63) is 34.3 Å². The van der Waals surface area contributed by atoms with E-state index in [2.05, 4.69) is 21.1 Å². The molecule has 0 aliphatic heterocycles. The maximum Gasteiger partial charge on any atom is 0.189 e. The molecule has 3 nitrogen and oxygen atoms in total. The van der Waals surface area contributed by atoms with Gasteiger partial charge in [-0.1, -0.05) is 11.2 Å². The van der Waals surface area contributed by atoms with Crippen LogP contribution in [0.25, 0.3) is 11.3 Å². The second-order valence-corrected chi connectivity index (χ2v) is 3.60. The van der Waals surface area contributed by atoms with Crippen LogP contribution < -0.4 is 5.73 Å². The number of benzene rings is 1. The molecule has 0 saturated carbocycles. The zero-order valence-electron chi connectivity index (χ0n) is 7.30. The van der Waals surface area contributed by atoms with Gasteiger partial charge in [0.05, 0.1) is 5.56 Å². The summed E-state index contributed by atoms with van der Waals surface area (Å²) in [4.78, 5) is 0. The van der Waals surface area contributed by atoms with Crippen LogP contribution in [-0.4, -0.2) is 5.16 Å². The molecule has 1 aromatic heterocycles. The van der Waals surface area contributed by atoms with E-state index in [1.54, 1.807) is 0 Å². The Kier molecular flexibility index (Phi) is 2.44. The fourth-order valence-electron chi connectivity index (χ4n) is 1.16. The minimum absolute atomic E-state index is 0.0488. The number of anilines is 1. The second-order valence-electron chi connectivity index (χ2n) is 2.81. The van der Waals surface area contributed by atoms with Crippen LogP contribution in [0.3, 0.4) is 0 Å². The SMILES string of the molecule is Nc1noc(-c2c(F)cccc2F)c1Br. The molecule has 2 aromatic rings. The number of nitrogens with two attached hydrogens (primary N) is 1. The molecule has 1 heterocycles.